The van der Waals surface area contributed by atoms with Crippen LogP contribution in [0, 0.1) is 6.92 Å². The van der Waals surface area contributed by atoms with Gasteiger partial charge < -0.3 is 15.4 Å². The average molecular weight is 372 g/mol. The van der Waals surface area contributed by atoms with Crippen LogP contribution in [0.2, 0.25) is 0 Å². The summed E-state index contributed by atoms with van der Waals surface area (Å²) >= 11 is 1.55. The summed E-state index contributed by atoms with van der Waals surface area (Å²) < 4.78 is 44.5. The van der Waals surface area contributed by atoms with Gasteiger partial charge in [-0.15, -0.1) is 11.3 Å². The van der Waals surface area contributed by atoms with E-state index in [2.05, 4.69) is 20.6 Å². The van der Waals surface area contributed by atoms with Gasteiger partial charge in [-0.25, -0.2) is 4.98 Å². The molecule has 1 aromatic carbocycles. The summed E-state index contributed by atoms with van der Waals surface area (Å²) in [6, 6.07) is 3.89. The maximum atomic E-state index is 13.2. The summed E-state index contributed by atoms with van der Waals surface area (Å²) in [5.74, 6) is 0.564. The smallest absolute Gasteiger partial charge is 0.416 e. The van der Waals surface area contributed by atoms with Crippen molar-refractivity contribution in [2.45, 2.75) is 26.2 Å². The summed E-state index contributed by atoms with van der Waals surface area (Å²) in [4.78, 5) is 9.32. The van der Waals surface area contributed by atoms with Gasteiger partial charge in [-0.3, -0.25) is 4.99 Å². The molecule has 2 N–H and O–H groups in total. The van der Waals surface area contributed by atoms with E-state index < -0.39 is 11.7 Å². The summed E-state index contributed by atoms with van der Waals surface area (Å²) in [5, 5.41) is 6.79. The van der Waals surface area contributed by atoms with Crippen LogP contribution in [0.25, 0.3) is 0 Å². The van der Waals surface area contributed by atoms with Crippen molar-refractivity contribution in [2.75, 3.05) is 14.2 Å². The van der Waals surface area contributed by atoms with Crippen molar-refractivity contribution < 1.29 is 17.9 Å². The zero-order valence-electron chi connectivity index (χ0n) is 14.1. The first-order valence-electron chi connectivity index (χ1n) is 7.43. The second kappa shape index (κ2) is 8.19. The van der Waals surface area contributed by atoms with Crippen molar-refractivity contribution in [2.24, 2.45) is 4.99 Å². The maximum absolute atomic E-state index is 13.2. The Morgan fingerprint density at radius 2 is 2.00 bits per heavy atom. The third-order valence-corrected chi connectivity index (χ3v) is 4.28. The molecule has 1 heterocycles. The molecule has 0 atom stereocenters. The molecule has 9 heteroatoms. The van der Waals surface area contributed by atoms with Crippen molar-refractivity contribution >= 4 is 17.3 Å². The van der Waals surface area contributed by atoms with E-state index in [1.54, 1.807) is 24.6 Å². The fourth-order valence-corrected chi connectivity index (χ4v) is 2.87. The predicted octanol–water partition coefficient (Wildman–Crippen LogP) is 3.34. The van der Waals surface area contributed by atoms with Crippen molar-refractivity contribution in [3.8, 4) is 5.75 Å². The van der Waals surface area contributed by atoms with E-state index in [1.165, 1.54) is 19.2 Å². The fourth-order valence-electron chi connectivity index (χ4n) is 2.14. The molecule has 0 amide bonds. The molecular weight excluding hydrogens is 353 g/mol. The van der Waals surface area contributed by atoms with Gasteiger partial charge in [0.15, 0.2) is 5.96 Å². The number of guanidine groups is 1. The Labute approximate surface area is 148 Å². The summed E-state index contributed by atoms with van der Waals surface area (Å²) in [7, 11) is 2.89. The molecule has 1 aromatic heterocycles. The van der Waals surface area contributed by atoms with Crippen LogP contribution in [-0.4, -0.2) is 25.1 Å². The van der Waals surface area contributed by atoms with Crippen LogP contribution in [0.5, 0.6) is 5.75 Å². The van der Waals surface area contributed by atoms with Crippen LogP contribution in [0.15, 0.2) is 29.4 Å². The number of halogens is 3. The minimum Gasteiger partial charge on any atom is -0.497 e. The van der Waals surface area contributed by atoms with Crippen molar-refractivity contribution in [3.05, 3.63) is 45.4 Å². The molecule has 0 bridgehead atoms. The van der Waals surface area contributed by atoms with Crippen molar-refractivity contribution in [1.29, 1.82) is 0 Å². The van der Waals surface area contributed by atoms with E-state index in [0.717, 1.165) is 16.0 Å². The lowest BCUT2D eigenvalue weighted by Gasteiger charge is -2.16. The lowest BCUT2D eigenvalue weighted by Crippen LogP contribution is -2.36. The molecule has 5 nitrogen and oxygen atoms in total. The molecule has 0 saturated carbocycles. The highest BCUT2D eigenvalue weighted by atomic mass is 32.1. The number of rotatable bonds is 5. The lowest BCUT2D eigenvalue weighted by molar-refractivity contribution is -0.138. The van der Waals surface area contributed by atoms with Gasteiger partial charge in [0.25, 0.3) is 0 Å². The van der Waals surface area contributed by atoms with Gasteiger partial charge in [0.2, 0.25) is 0 Å². The Bertz CT molecular complexity index is 743. The van der Waals surface area contributed by atoms with Crippen LogP contribution < -0.4 is 15.4 Å². The highest BCUT2D eigenvalue weighted by molar-refractivity contribution is 7.11. The van der Waals surface area contributed by atoms with Gasteiger partial charge in [0.05, 0.1) is 19.2 Å². The van der Waals surface area contributed by atoms with Gasteiger partial charge in [-0.1, -0.05) is 6.07 Å². The topological polar surface area (TPSA) is 58.5 Å². The third kappa shape index (κ3) is 5.35. The number of nitrogens with one attached hydrogen (secondary N) is 2. The van der Waals surface area contributed by atoms with Gasteiger partial charge >= 0.3 is 6.18 Å². The van der Waals surface area contributed by atoms with Crippen LogP contribution in [0.4, 0.5) is 13.2 Å². The molecule has 0 radical (unpaired) electrons. The number of ether oxygens (including phenoxy) is 1. The molecule has 0 saturated heterocycles. The third-order valence-electron chi connectivity index (χ3n) is 3.37. The summed E-state index contributed by atoms with van der Waals surface area (Å²) in [6.45, 7) is 2.39. The minimum atomic E-state index is -4.46. The second-order valence-corrected chi connectivity index (χ2v) is 6.48. The molecule has 0 spiro atoms. The fraction of sp³-hybridized carbons (Fsp3) is 0.375. The highest BCUT2D eigenvalue weighted by Gasteiger charge is 2.33. The number of alkyl halides is 3. The van der Waals surface area contributed by atoms with E-state index in [-0.39, 0.29) is 17.9 Å². The zero-order chi connectivity index (χ0) is 18.4. The number of benzene rings is 1. The molecule has 25 heavy (non-hydrogen) atoms. The van der Waals surface area contributed by atoms with Crippen molar-refractivity contribution in [1.82, 2.24) is 15.6 Å². The van der Waals surface area contributed by atoms with Gasteiger partial charge in [-0.2, -0.15) is 13.2 Å². The number of hydrogen-bond donors (Lipinski definition) is 2. The Kier molecular flexibility index (Phi) is 6.24. The molecule has 0 fully saturated rings. The summed E-state index contributed by atoms with van der Waals surface area (Å²) in [5.41, 5.74) is -0.619. The lowest BCUT2D eigenvalue weighted by atomic mass is 10.1. The number of aromatic nitrogens is 1. The van der Waals surface area contributed by atoms with Gasteiger partial charge in [0.1, 0.15) is 10.8 Å². The first-order valence-corrected chi connectivity index (χ1v) is 8.25. The van der Waals surface area contributed by atoms with E-state index in [1.807, 2.05) is 6.92 Å². The summed E-state index contributed by atoms with van der Waals surface area (Å²) in [6.07, 6.45) is -2.69. The Balaban J connectivity index is 2.03. The SMILES string of the molecule is CN=C(NCc1ncc(C)s1)NCc1ccc(OC)cc1C(F)(F)F. The molecule has 136 valence electrons. The highest BCUT2D eigenvalue weighted by Crippen LogP contribution is 2.34. The zero-order valence-corrected chi connectivity index (χ0v) is 14.9. The second-order valence-electron chi connectivity index (χ2n) is 5.16. The first-order chi connectivity index (χ1) is 11.8. The van der Waals surface area contributed by atoms with E-state index in [9.17, 15) is 13.2 Å². The molecule has 2 aromatic rings. The van der Waals surface area contributed by atoms with Crippen LogP contribution in [-0.2, 0) is 19.3 Å². The number of methoxy groups -OCH3 is 1. The largest absolute Gasteiger partial charge is 0.497 e. The molecule has 0 aliphatic rings. The molecule has 0 aliphatic carbocycles. The first kappa shape index (κ1) is 19.0. The normalized spacial score (nSPS) is 12.2. The Morgan fingerprint density at radius 1 is 1.28 bits per heavy atom. The predicted molar refractivity (Wildman–Crippen MR) is 91.9 cm³/mol. The molecule has 0 aliphatic heterocycles. The Hall–Kier alpha value is -2.29. The van der Waals surface area contributed by atoms with Crippen LogP contribution in [0.1, 0.15) is 21.0 Å². The maximum Gasteiger partial charge on any atom is 0.416 e. The minimum absolute atomic E-state index is 0.0184. The van der Waals surface area contributed by atoms with E-state index in [0.29, 0.717) is 12.5 Å². The number of hydrogen-bond acceptors (Lipinski definition) is 4. The number of aryl methyl sites for hydroxylation is 1. The van der Waals surface area contributed by atoms with Crippen LogP contribution in [0.3, 0.4) is 0 Å². The average Bonchev–Trinajstić information content (AvgIpc) is 2.99. The molecular formula is C16H19F3N4OS. The van der Waals surface area contributed by atoms with Gasteiger partial charge in [0, 0.05) is 24.7 Å². The van der Waals surface area contributed by atoms with Crippen molar-refractivity contribution in [3.63, 3.8) is 0 Å². The van der Waals surface area contributed by atoms with E-state index >= 15 is 0 Å². The number of aliphatic imine (C=N–C) groups is 1. The molecule has 0 unspecified atom stereocenters. The Morgan fingerprint density at radius 3 is 2.56 bits per heavy atom. The van der Waals surface area contributed by atoms with E-state index in [4.69, 9.17) is 4.74 Å². The monoisotopic (exact) mass is 372 g/mol. The molecule has 2 rings (SSSR count). The number of nitrogens with zero attached hydrogens (tertiary/aromatic N) is 2. The number of thiazole rings is 1. The van der Waals surface area contributed by atoms with Gasteiger partial charge in [-0.05, 0) is 24.6 Å². The quantitative estimate of drug-likeness (QED) is 0.624. The standard InChI is InChI=1S/C16H19F3N4OS/c1-10-7-21-14(25-10)9-23-15(20-2)22-8-11-4-5-12(24-3)6-13(11)16(17,18)19/h4-7H,8-9H2,1-3H3,(H2,20,22,23). The van der Waals surface area contributed by atoms with Crippen LogP contribution >= 0.6 is 11.3 Å².